The minimum atomic E-state index is 0.631. The van der Waals surface area contributed by atoms with Crippen molar-refractivity contribution >= 4 is 0 Å². The van der Waals surface area contributed by atoms with Crippen LogP contribution in [0.4, 0.5) is 0 Å². The normalized spacial score (nSPS) is 10.7. The lowest BCUT2D eigenvalue weighted by atomic mass is 10.0. The number of benzene rings is 2. The smallest absolute Gasteiger partial charge is 0.133 e. The summed E-state index contributed by atoms with van der Waals surface area (Å²) in [7, 11) is 0. The van der Waals surface area contributed by atoms with Crippen LogP contribution in [0.1, 0.15) is 27.8 Å². The third kappa shape index (κ3) is 3.02. The fraction of sp³-hybridized carbons (Fsp3) is 0.333. The highest BCUT2D eigenvalue weighted by Crippen LogP contribution is 2.32. The number of hydrogen-bond acceptors (Lipinski definition) is 2. The van der Waals surface area contributed by atoms with Gasteiger partial charge in [-0.3, -0.25) is 0 Å². The second-order valence-electron chi connectivity index (χ2n) is 5.41. The van der Waals surface area contributed by atoms with E-state index >= 15 is 0 Å². The number of nitrogens with two attached hydrogens (primary N) is 1. The predicted molar refractivity (Wildman–Crippen MR) is 84.7 cm³/mol. The van der Waals surface area contributed by atoms with E-state index in [0.29, 0.717) is 6.54 Å². The first-order valence-electron chi connectivity index (χ1n) is 7.07. The molecular weight excluding hydrogens is 246 g/mol. The van der Waals surface area contributed by atoms with Gasteiger partial charge < -0.3 is 10.5 Å². The number of rotatable bonds is 4. The van der Waals surface area contributed by atoms with Gasteiger partial charge in [-0.1, -0.05) is 29.8 Å². The zero-order valence-corrected chi connectivity index (χ0v) is 12.8. The Morgan fingerprint density at radius 1 is 0.950 bits per heavy atom. The van der Waals surface area contributed by atoms with Crippen molar-refractivity contribution in [3.8, 4) is 11.5 Å². The van der Waals surface area contributed by atoms with Crippen LogP contribution in [0.3, 0.4) is 0 Å². The van der Waals surface area contributed by atoms with Gasteiger partial charge in [-0.25, -0.2) is 0 Å². The molecule has 2 N–H and O–H groups in total. The van der Waals surface area contributed by atoms with Gasteiger partial charge in [-0.2, -0.15) is 0 Å². The monoisotopic (exact) mass is 269 g/mol. The predicted octanol–water partition coefficient (Wildman–Crippen LogP) is 4.21. The largest absolute Gasteiger partial charge is 0.457 e. The Labute approximate surface area is 121 Å². The molecule has 0 aromatic heterocycles. The van der Waals surface area contributed by atoms with E-state index in [1.54, 1.807) is 0 Å². The van der Waals surface area contributed by atoms with E-state index in [0.717, 1.165) is 23.5 Å². The molecule has 20 heavy (non-hydrogen) atoms. The van der Waals surface area contributed by atoms with Crippen LogP contribution >= 0.6 is 0 Å². The van der Waals surface area contributed by atoms with E-state index in [9.17, 15) is 0 Å². The van der Waals surface area contributed by atoms with Crippen LogP contribution in [-0.2, 0) is 6.42 Å². The molecule has 2 aromatic carbocycles. The molecule has 2 nitrogen and oxygen atoms in total. The molecule has 2 aromatic rings. The zero-order valence-electron chi connectivity index (χ0n) is 12.8. The van der Waals surface area contributed by atoms with Crippen LogP contribution in [0.2, 0.25) is 0 Å². The molecule has 0 radical (unpaired) electrons. The Morgan fingerprint density at radius 3 is 2.35 bits per heavy atom. The topological polar surface area (TPSA) is 35.2 Å². The lowest BCUT2D eigenvalue weighted by Gasteiger charge is -2.16. The third-order valence-electron chi connectivity index (χ3n) is 3.72. The van der Waals surface area contributed by atoms with Gasteiger partial charge in [0, 0.05) is 0 Å². The van der Waals surface area contributed by atoms with Crippen LogP contribution in [0.25, 0.3) is 0 Å². The molecule has 0 amide bonds. The zero-order chi connectivity index (χ0) is 14.7. The molecule has 2 rings (SSSR count). The van der Waals surface area contributed by atoms with Gasteiger partial charge in [0.15, 0.2) is 0 Å². The summed E-state index contributed by atoms with van der Waals surface area (Å²) in [5.74, 6) is 1.88. The van der Waals surface area contributed by atoms with E-state index in [-0.39, 0.29) is 0 Å². The van der Waals surface area contributed by atoms with Crippen LogP contribution in [0.15, 0.2) is 30.3 Å². The Balaban J connectivity index is 2.42. The van der Waals surface area contributed by atoms with Gasteiger partial charge in [0.1, 0.15) is 11.5 Å². The van der Waals surface area contributed by atoms with Crippen molar-refractivity contribution in [1.82, 2.24) is 0 Å². The maximum Gasteiger partial charge on any atom is 0.133 e. The summed E-state index contributed by atoms with van der Waals surface area (Å²) in [6.45, 7) is 9.02. The van der Waals surface area contributed by atoms with Gasteiger partial charge in [-0.15, -0.1) is 0 Å². The van der Waals surface area contributed by atoms with Gasteiger partial charge in [0.2, 0.25) is 0 Å². The average molecular weight is 269 g/mol. The van der Waals surface area contributed by atoms with E-state index in [2.05, 4.69) is 52.0 Å². The second kappa shape index (κ2) is 6.10. The molecule has 0 bridgehead atoms. The van der Waals surface area contributed by atoms with Crippen molar-refractivity contribution < 1.29 is 4.74 Å². The highest BCUT2D eigenvalue weighted by Gasteiger charge is 2.10. The third-order valence-corrected chi connectivity index (χ3v) is 3.72. The molecule has 0 saturated carbocycles. The summed E-state index contributed by atoms with van der Waals surface area (Å²) in [6, 6.07) is 10.5. The number of aryl methyl sites for hydroxylation is 3. The molecule has 0 spiro atoms. The van der Waals surface area contributed by atoms with Crippen LogP contribution in [0.5, 0.6) is 11.5 Å². The van der Waals surface area contributed by atoms with Crippen molar-refractivity contribution in [3.05, 3.63) is 58.1 Å². The van der Waals surface area contributed by atoms with Crippen molar-refractivity contribution in [3.63, 3.8) is 0 Å². The van der Waals surface area contributed by atoms with Crippen LogP contribution in [0, 0.1) is 27.7 Å². The second-order valence-corrected chi connectivity index (χ2v) is 5.41. The highest BCUT2D eigenvalue weighted by atomic mass is 16.5. The molecular formula is C18H23NO. The summed E-state index contributed by atoms with van der Waals surface area (Å²) in [4.78, 5) is 0. The Hall–Kier alpha value is -1.80. The van der Waals surface area contributed by atoms with Crippen molar-refractivity contribution in [2.45, 2.75) is 34.1 Å². The lowest BCUT2D eigenvalue weighted by molar-refractivity contribution is 0.468. The first kappa shape index (κ1) is 14.6. The highest BCUT2D eigenvalue weighted by molar-refractivity contribution is 5.48. The number of hydrogen-bond donors (Lipinski definition) is 1. The van der Waals surface area contributed by atoms with E-state index in [1.807, 2.05) is 6.07 Å². The first-order valence-corrected chi connectivity index (χ1v) is 7.07. The summed E-state index contributed by atoms with van der Waals surface area (Å²) < 4.78 is 6.20. The SMILES string of the molecule is Cc1ccc(Oc2c(C)ccc(C)c2C)c(CCN)c1. The first-order chi connectivity index (χ1) is 9.52. The van der Waals surface area contributed by atoms with Gasteiger partial charge in [0.05, 0.1) is 0 Å². The molecule has 0 fully saturated rings. The Bertz CT molecular complexity index is 617. The van der Waals surface area contributed by atoms with Crippen molar-refractivity contribution in [1.29, 1.82) is 0 Å². The van der Waals surface area contributed by atoms with Gasteiger partial charge in [-0.05, 0) is 69.0 Å². The van der Waals surface area contributed by atoms with Gasteiger partial charge in [0.25, 0.3) is 0 Å². The minimum absolute atomic E-state index is 0.631. The molecule has 0 heterocycles. The van der Waals surface area contributed by atoms with Crippen molar-refractivity contribution in [2.24, 2.45) is 5.73 Å². The molecule has 0 unspecified atom stereocenters. The quantitative estimate of drug-likeness (QED) is 0.902. The summed E-state index contributed by atoms with van der Waals surface area (Å²) in [5, 5.41) is 0. The molecule has 2 heteroatoms. The Morgan fingerprint density at radius 2 is 1.65 bits per heavy atom. The van der Waals surface area contributed by atoms with E-state index < -0.39 is 0 Å². The van der Waals surface area contributed by atoms with Crippen LogP contribution < -0.4 is 10.5 Å². The average Bonchev–Trinajstić information content (AvgIpc) is 2.42. The fourth-order valence-electron chi connectivity index (χ4n) is 2.35. The fourth-order valence-corrected chi connectivity index (χ4v) is 2.35. The molecule has 106 valence electrons. The lowest BCUT2D eigenvalue weighted by Crippen LogP contribution is -2.05. The number of ether oxygens (including phenoxy) is 1. The molecule has 0 aliphatic carbocycles. The molecule has 0 saturated heterocycles. The molecule has 0 atom stereocenters. The standard InChI is InChI=1S/C18H23NO/c1-12-5-8-17(16(11-12)9-10-19)20-18-14(3)7-6-13(2)15(18)4/h5-8,11H,9-10,19H2,1-4H3. The summed E-state index contributed by atoms with van der Waals surface area (Å²) in [6.07, 6.45) is 0.834. The summed E-state index contributed by atoms with van der Waals surface area (Å²) >= 11 is 0. The van der Waals surface area contributed by atoms with Crippen LogP contribution in [-0.4, -0.2) is 6.54 Å². The van der Waals surface area contributed by atoms with Crippen molar-refractivity contribution in [2.75, 3.05) is 6.54 Å². The Kier molecular flexibility index (Phi) is 4.46. The molecule has 0 aliphatic heterocycles. The maximum atomic E-state index is 6.20. The van der Waals surface area contributed by atoms with Gasteiger partial charge >= 0.3 is 0 Å². The van der Waals surface area contributed by atoms with E-state index in [1.165, 1.54) is 22.3 Å². The molecule has 0 aliphatic rings. The maximum absolute atomic E-state index is 6.20. The summed E-state index contributed by atoms with van der Waals surface area (Å²) in [5.41, 5.74) is 11.7. The van der Waals surface area contributed by atoms with E-state index in [4.69, 9.17) is 10.5 Å². The minimum Gasteiger partial charge on any atom is -0.457 e.